The Hall–Kier alpha value is -0.610. The SMILES string of the molecule is C1CNCC(c2nc(CC3CC3)no2)C1.Cl. The average Bonchev–Trinajstić information content (AvgIpc) is 2.96. The molecule has 5 heteroatoms. The zero-order valence-electron chi connectivity index (χ0n) is 9.32. The lowest BCUT2D eigenvalue weighted by molar-refractivity contribution is 0.320. The van der Waals surface area contributed by atoms with Crippen LogP contribution >= 0.6 is 12.4 Å². The number of hydrogen-bond donors (Lipinski definition) is 1. The second kappa shape index (κ2) is 5.15. The maximum Gasteiger partial charge on any atom is 0.231 e. The van der Waals surface area contributed by atoms with Gasteiger partial charge in [0.25, 0.3) is 0 Å². The van der Waals surface area contributed by atoms with Gasteiger partial charge in [0.05, 0.1) is 5.92 Å². The lowest BCUT2D eigenvalue weighted by Gasteiger charge is -2.18. The third-order valence-electron chi connectivity index (χ3n) is 3.30. The van der Waals surface area contributed by atoms with Gasteiger partial charge in [0.2, 0.25) is 5.89 Å². The summed E-state index contributed by atoms with van der Waals surface area (Å²) in [5.41, 5.74) is 0. The van der Waals surface area contributed by atoms with Gasteiger partial charge in [-0.25, -0.2) is 0 Å². The van der Waals surface area contributed by atoms with Crippen LogP contribution in [0, 0.1) is 5.92 Å². The summed E-state index contributed by atoms with van der Waals surface area (Å²) in [6.45, 7) is 2.12. The van der Waals surface area contributed by atoms with Crippen LogP contribution in [0.5, 0.6) is 0 Å². The van der Waals surface area contributed by atoms with Crippen molar-refractivity contribution in [1.82, 2.24) is 15.5 Å². The number of halogens is 1. The van der Waals surface area contributed by atoms with Gasteiger partial charge in [-0.3, -0.25) is 0 Å². The highest BCUT2D eigenvalue weighted by Crippen LogP contribution is 2.32. The summed E-state index contributed by atoms with van der Waals surface area (Å²) in [7, 11) is 0. The number of aromatic nitrogens is 2. The molecule has 90 valence electrons. The Kier molecular flexibility index (Phi) is 3.82. The zero-order valence-corrected chi connectivity index (χ0v) is 10.1. The molecular formula is C11H18ClN3O. The van der Waals surface area contributed by atoms with Crippen LogP contribution in [0.25, 0.3) is 0 Å². The second-order valence-corrected chi connectivity index (χ2v) is 4.74. The van der Waals surface area contributed by atoms with Crippen molar-refractivity contribution >= 4 is 12.4 Å². The Balaban J connectivity index is 0.000000963. The molecule has 2 aliphatic rings. The van der Waals surface area contributed by atoms with Gasteiger partial charge >= 0.3 is 0 Å². The fourth-order valence-corrected chi connectivity index (χ4v) is 2.16. The van der Waals surface area contributed by atoms with Crippen LogP contribution in [0.4, 0.5) is 0 Å². The molecule has 0 amide bonds. The Morgan fingerprint density at radius 2 is 2.19 bits per heavy atom. The first-order valence-corrected chi connectivity index (χ1v) is 5.95. The van der Waals surface area contributed by atoms with E-state index in [2.05, 4.69) is 15.5 Å². The lowest BCUT2D eigenvalue weighted by Crippen LogP contribution is -2.28. The van der Waals surface area contributed by atoms with Gasteiger partial charge in [-0.05, 0) is 38.1 Å². The third-order valence-corrected chi connectivity index (χ3v) is 3.30. The van der Waals surface area contributed by atoms with E-state index in [1.807, 2.05) is 0 Å². The van der Waals surface area contributed by atoms with Crippen molar-refractivity contribution < 1.29 is 4.52 Å². The number of rotatable bonds is 3. The molecule has 1 aromatic heterocycles. The van der Waals surface area contributed by atoms with Crippen molar-refractivity contribution in [2.24, 2.45) is 5.92 Å². The summed E-state index contributed by atoms with van der Waals surface area (Å²) >= 11 is 0. The summed E-state index contributed by atoms with van der Waals surface area (Å²) in [6.07, 6.45) is 6.09. The number of hydrogen-bond acceptors (Lipinski definition) is 4. The van der Waals surface area contributed by atoms with Crippen LogP contribution in [0.3, 0.4) is 0 Å². The molecule has 4 nitrogen and oxygen atoms in total. The Morgan fingerprint density at radius 1 is 1.31 bits per heavy atom. The molecule has 1 N–H and O–H groups in total. The molecule has 1 saturated heterocycles. The van der Waals surface area contributed by atoms with Gasteiger partial charge in [0, 0.05) is 13.0 Å². The lowest BCUT2D eigenvalue weighted by atomic mass is 10.00. The number of piperidine rings is 1. The van der Waals surface area contributed by atoms with Gasteiger partial charge in [-0.15, -0.1) is 12.4 Å². The third kappa shape index (κ3) is 2.74. The highest BCUT2D eigenvalue weighted by atomic mass is 35.5. The highest BCUT2D eigenvalue weighted by molar-refractivity contribution is 5.85. The summed E-state index contributed by atoms with van der Waals surface area (Å²) in [5, 5.41) is 7.43. The molecule has 2 fully saturated rings. The van der Waals surface area contributed by atoms with E-state index in [0.29, 0.717) is 5.92 Å². The van der Waals surface area contributed by atoms with Crippen LogP contribution in [0.2, 0.25) is 0 Å². The molecule has 2 heterocycles. The average molecular weight is 244 g/mol. The van der Waals surface area contributed by atoms with Gasteiger partial charge in [0.15, 0.2) is 5.82 Å². The minimum Gasteiger partial charge on any atom is -0.339 e. The van der Waals surface area contributed by atoms with Crippen LogP contribution in [0.1, 0.15) is 43.3 Å². The normalized spacial score (nSPS) is 25.1. The van der Waals surface area contributed by atoms with Gasteiger partial charge < -0.3 is 9.84 Å². The van der Waals surface area contributed by atoms with Gasteiger partial charge in [-0.2, -0.15) is 4.98 Å². The maximum absolute atomic E-state index is 5.33. The number of nitrogens with zero attached hydrogens (tertiary/aromatic N) is 2. The molecule has 1 atom stereocenters. The molecule has 1 aliphatic carbocycles. The first kappa shape index (κ1) is 11.9. The number of nitrogens with one attached hydrogen (secondary N) is 1. The first-order chi connectivity index (χ1) is 7.42. The Labute approximate surface area is 102 Å². The van der Waals surface area contributed by atoms with E-state index in [4.69, 9.17) is 4.52 Å². The molecule has 1 saturated carbocycles. The molecule has 0 bridgehead atoms. The van der Waals surface area contributed by atoms with Crippen LogP contribution in [-0.2, 0) is 6.42 Å². The van der Waals surface area contributed by atoms with Crippen molar-refractivity contribution in [1.29, 1.82) is 0 Å². The fraction of sp³-hybridized carbons (Fsp3) is 0.818. The minimum absolute atomic E-state index is 0. The fourth-order valence-electron chi connectivity index (χ4n) is 2.16. The van der Waals surface area contributed by atoms with E-state index in [1.54, 1.807) is 0 Å². The second-order valence-electron chi connectivity index (χ2n) is 4.74. The van der Waals surface area contributed by atoms with Crippen molar-refractivity contribution in [2.45, 2.75) is 38.0 Å². The van der Waals surface area contributed by atoms with E-state index >= 15 is 0 Å². The molecule has 0 spiro atoms. The molecule has 16 heavy (non-hydrogen) atoms. The topological polar surface area (TPSA) is 51.0 Å². The van der Waals surface area contributed by atoms with E-state index in [-0.39, 0.29) is 12.4 Å². The smallest absolute Gasteiger partial charge is 0.231 e. The summed E-state index contributed by atoms with van der Waals surface area (Å²) in [5.74, 6) is 3.04. The molecule has 3 rings (SSSR count). The van der Waals surface area contributed by atoms with Crippen LogP contribution in [0.15, 0.2) is 4.52 Å². The van der Waals surface area contributed by atoms with Crippen molar-refractivity contribution in [3.8, 4) is 0 Å². The van der Waals surface area contributed by atoms with Crippen molar-refractivity contribution in [3.63, 3.8) is 0 Å². The van der Waals surface area contributed by atoms with E-state index in [0.717, 1.165) is 37.1 Å². The first-order valence-electron chi connectivity index (χ1n) is 5.95. The highest BCUT2D eigenvalue weighted by Gasteiger charge is 2.26. The van der Waals surface area contributed by atoms with Gasteiger partial charge in [-0.1, -0.05) is 5.16 Å². The quantitative estimate of drug-likeness (QED) is 0.881. The van der Waals surface area contributed by atoms with E-state index < -0.39 is 0 Å². The predicted octanol–water partition coefficient (Wildman–Crippen LogP) is 1.91. The van der Waals surface area contributed by atoms with E-state index in [1.165, 1.54) is 25.7 Å². The molecule has 0 aromatic carbocycles. The van der Waals surface area contributed by atoms with Crippen molar-refractivity contribution in [3.05, 3.63) is 11.7 Å². The summed E-state index contributed by atoms with van der Waals surface area (Å²) in [6, 6.07) is 0. The zero-order chi connectivity index (χ0) is 10.1. The standard InChI is InChI=1S/C11H17N3O.ClH/c1-2-9(7-12-5-1)11-13-10(14-15-11)6-8-3-4-8;/h8-9,12H,1-7H2;1H. The molecule has 0 radical (unpaired) electrons. The van der Waals surface area contributed by atoms with Gasteiger partial charge in [0.1, 0.15) is 0 Å². The molecule has 1 aliphatic heterocycles. The predicted molar refractivity (Wildman–Crippen MR) is 62.8 cm³/mol. The largest absolute Gasteiger partial charge is 0.339 e. The monoisotopic (exact) mass is 243 g/mol. The minimum atomic E-state index is 0. The van der Waals surface area contributed by atoms with Crippen LogP contribution < -0.4 is 5.32 Å². The van der Waals surface area contributed by atoms with E-state index in [9.17, 15) is 0 Å². The van der Waals surface area contributed by atoms with Crippen molar-refractivity contribution in [2.75, 3.05) is 13.1 Å². The Morgan fingerprint density at radius 3 is 2.88 bits per heavy atom. The Bertz CT molecular complexity index is 332. The van der Waals surface area contributed by atoms with Crippen LogP contribution in [-0.4, -0.2) is 23.2 Å². The summed E-state index contributed by atoms with van der Waals surface area (Å²) < 4.78 is 5.33. The maximum atomic E-state index is 5.33. The molecular weight excluding hydrogens is 226 g/mol. The summed E-state index contributed by atoms with van der Waals surface area (Å²) in [4.78, 5) is 4.50. The molecule has 1 aromatic rings. The molecule has 1 unspecified atom stereocenters.